The highest BCUT2D eigenvalue weighted by atomic mass is 28.4. The third kappa shape index (κ3) is 15.5. The summed E-state index contributed by atoms with van der Waals surface area (Å²) in [5, 5.41) is 7.50. The van der Waals surface area contributed by atoms with E-state index in [0.717, 1.165) is 24.8 Å². The van der Waals surface area contributed by atoms with Crippen LogP contribution in [0.1, 0.15) is 113 Å². The predicted octanol–water partition coefficient (Wildman–Crippen LogP) is 8.31. The Bertz CT molecular complexity index is 1720. The van der Waals surface area contributed by atoms with Gasteiger partial charge in [0.2, 0.25) is 5.91 Å². The lowest BCUT2D eigenvalue weighted by molar-refractivity contribution is -0.158. The minimum absolute atomic E-state index is 0.00948. The normalized spacial score (nSPS) is 13.9. The first-order chi connectivity index (χ1) is 27.2. The maximum absolute atomic E-state index is 13.6. The van der Waals surface area contributed by atoms with Crippen LogP contribution in [0.15, 0.2) is 103 Å². The molecule has 0 saturated carbocycles. The summed E-state index contributed by atoms with van der Waals surface area (Å²) in [4.78, 5) is 53.0. The van der Waals surface area contributed by atoms with Crippen molar-refractivity contribution in [1.29, 1.82) is 0 Å². The first kappa shape index (κ1) is 47.6. The van der Waals surface area contributed by atoms with Gasteiger partial charge in [0, 0.05) is 6.42 Å². The van der Waals surface area contributed by atoms with Gasteiger partial charge in [-0.15, -0.1) is 0 Å². The van der Waals surface area contributed by atoms with Gasteiger partial charge in [-0.2, -0.15) is 0 Å². The van der Waals surface area contributed by atoms with Crippen LogP contribution in [-0.4, -0.2) is 61.6 Å². The Balaban J connectivity index is 1.86. The fourth-order valence-corrected chi connectivity index (χ4v) is 11.2. The molecular formula is C47H66N2O8Si. The molecule has 0 radical (unpaired) electrons. The monoisotopic (exact) mass is 814 g/mol. The summed E-state index contributed by atoms with van der Waals surface area (Å²) < 4.78 is 24.1. The number of rotatable bonds is 19. The number of benzene rings is 3. The van der Waals surface area contributed by atoms with E-state index in [0.29, 0.717) is 0 Å². The van der Waals surface area contributed by atoms with Gasteiger partial charge in [0.1, 0.15) is 29.9 Å². The molecule has 0 aliphatic heterocycles. The SMILES string of the molecule is CCCC[C@@H](/C=C/C[C@H](NC(=O)CC[C@H](NC(=O)OC(C)(C)C)C(=O)OCc1ccccc1)C(=O)OC(C)(C)C)O[Si](c1ccccc1)(c1ccccc1)C(C)(C)C. The molecule has 0 saturated heterocycles. The van der Waals surface area contributed by atoms with Crippen LogP contribution in [0.3, 0.4) is 0 Å². The van der Waals surface area contributed by atoms with E-state index in [1.54, 1.807) is 41.5 Å². The molecule has 3 aromatic carbocycles. The second-order valence-corrected chi connectivity index (χ2v) is 21.9. The van der Waals surface area contributed by atoms with E-state index >= 15 is 0 Å². The molecule has 58 heavy (non-hydrogen) atoms. The number of hydrogen-bond acceptors (Lipinski definition) is 8. The number of alkyl carbamates (subject to hydrolysis) is 1. The number of amides is 2. The largest absolute Gasteiger partial charge is 0.459 e. The third-order valence-corrected chi connectivity index (χ3v) is 14.3. The van der Waals surface area contributed by atoms with E-state index in [9.17, 15) is 19.2 Å². The van der Waals surface area contributed by atoms with Crippen molar-refractivity contribution in [1.82, 2.24) is 10.6 Å². The van der Waals surface area contributed by atoms with Gasteiger partial charge in [-0.05, 0) is 81.8 Å². The van der Waals surface area contributed by atoms with Crippen LogP contribution in [0.2, 0.25) is 5.04 Å². The van der Waals surface area contributed by atoms with E-state index in [-0.39, 0.29) is 37.0 Å². The minimum atomic E-state index is -2.89. The molecule has 0 spiro atoms. The average molecular weight is 815 g/mol. The van der Waals surface area contributed by atoms with Gasteiger partial charge in [0.15, 0.2) is 0 Å². The van der Waals surface area contributed by atoms with Crippen LogP contribution in [0.25, 0.3) is 0 Å². The van der Waals surface area contributed by atoms with Crippen LogP contribution >= 0.6 is 0 Å². The summed E-state index contributed by atoms with van der Waals surface area (Å²) in [7, 11) is -2.89. The topological polar surface area (TPSA) is 129 Å². The zero-order valence-corrected chi connectivity index (χ0v) is 37.3. The summed E-state index contributed by atoms with van der Waals surface area (Å²) in [6, 6.07) is 27.9. The molecule has 0 fully saturated rings. The highest BCUT2D eigenvalue weighted by Gasteiger charge is 2.51. The van der Waals surface area contributed by atoms with Gasteiger partial charge in [-0.1, -0.05) is 144 Å². The Morgan fingerprint density at radius 1 is 0.672 bits per heavy atom. The Hall–Kier alpha value is -4.74. The van der Waals surface area contributed by atoms with Gasteiger partial charge in [0.25, 0.3) is 8.32 Å². The lowest BCUT2D eigenvalue weighted by Gasteiger charge is -2.45. The molecule has 0 aliphatic rings. The van der Waals surface area contributed by atoms with E-state index in [1.807, 2.05) is 54.6 Å². The number of ether oxygens (including phenoxy) is 3. The number of esters is 2. The van der Waals surface area contributed by atoms with Crippen molar-refractivity contribution in [3.05, 3.63) is 109 Å². The number of nitrogens with one attached hydrogen (secondary N) is 2. The summed E-state index contributed by atoms with van der Waals surface area (Å²) in [5.74, 6) is -1.80. The van der Waals surface area contributed by atoms with Crippen molar-refractivity contribution in [3.63, 3.8) is 0 Å². The molecular weight excluding hydrogens is 749 g/mol. The van der Waals surface area contributed by atoms with Crippen molar-refractivity contribution in [2.24, 2.45) is 0 Å². The molecule has 0 heterocycles. The molecule has 10 nitrogen and oxygen atoms in total. The molecule has 0 bridgehead atoms. The highest BCUT2D eigenvalue weighted by molar-refractivity contribution is 6.99. The van der Waals surface area contributed by atoms with E-state index < -0.39 is 55.5 Å². The summed E-state index contributed by atoms with van der Waals surface area (Å²) in [6.07, 6.45) is 5.36. The molecule has 2 N–H and O–H groups in total. The predicted molar refractivity (Wildman–Crippen MR) is 232 cm³/mol. The molecule has 0 unspecified atom stereocenters. The fraction of sp³-hybridized carbons (Fsp3) is 0.489. The molecule has 3 rings (SSSR count). The van der Waals surface area contributed by atoms with Gasteiger partial charge >= 0.3 is 18.0 Å². The van der Waals surface area contributed by atoms with E-state index in [2.05, 4.69) is 86.9 Å². The van der Waals surface area contributed by atoms with Crippen LogP contribution < -0.4 is 21.0 Å². The first-order valence-corrected chi connectivity index (χ1v) is 22.3. The van der Waals surface area contributed by atoms with Gasteiger partial charge < -0.3 is 29.3 Å². The van der Waals surface area contributed by atoms with Gasteiger partial charge in [-0.3, -0.25) is 4.79 Å². The molecule has 3 atom stereocenters. The van der Waals surface area contributed by atoms with Crippen molar-refractivity contribution >= 4 is 42.6 Å². The Morgan fingerprint density at radius 3 is 1.71 bits per heavy atom. The minimum Gasteiger partial charge on any atom is -0.459 e. The van der Waals surface area contributed by atoms with Crippen LogP contribution in [0.5, 0.6) is 0 Å². The second-order valence-electron chi connectivity index (χ2n) is 17.6. The Kier molecular flexibility index (Phi) is 17.9. The van der Waals surface area contributed by atoms with Crippen LogP contribution in [0.4, 0.5) is 4.79 Å². The quantitative estimate of drug-likeness (QED) is 0.0536. The number of carbonyl (C=O) groups excluding carboxylic acids is 4. The van der Waals surface area contributed by atoms with Crippen LogP contribution in [-0.2, 0) is 39.6 Å². The smallest absolute Gasteiger partial charge is 0.408 e. The first-order valence-electron chi connectivity index (χ1n) is 20.4. The van der Waals surface area contributed by atoms with E-state index in [4.69, 9.17) is 18.6 Å². The van der Waals surface area contributed by atoms with Crippen molar-refractivity contribution in [2.45, 2.75) is 149 Å². The standard InChI is InChI=1S/C47H66N2O8Si/c1-11-12-25-36(57-58(47(8,9)10,37-27-18-14-19-28-37)38-29-20-15-21-30-38)26-22-31-39(43(52)55-45(2,3)4)48-41(50)33-32-40(49-44(53)56-46(5,6)7)42(51)54-34-35-23-16-13-17-24-35/h13-24,26-30,36,39-40H,11-12,25,31-34H2,1-10H3,(H,48,50)(H,49,53)/b26-22+/t36-,39-,40-/m0/s1. The van der Waals surface area contributed by atoms with Gasteiger partial charge in [0.05, 0.1) is 6.10 Å². The molecule has 11 heteroatoms. The Labute approximate surface area is 347 Å². The van der Waals surface area contributed by atoms with Gasteiger partial charge in [-0.25, -0.2) is 14.4 Å². The second kappa shape index (κ2) is 21.9. The van der Waals surface area contributed by atoms with Crippen LogP contribution in [0, 0.1) is 0 Å². The Morgan fingerprint density at radius 2 is 1.21 bits per heavy atom. The number of unbranched alkanes of at least 4 members (excludes halogenated alkanes) is 1. The molecule has 2 amide bonds. The number of hydrogen-bond donors (Lipinski definition) is 2. The maximum atomic E-state index is 13.6. The summed E-state index contributed by atoms with van der Waals surface area (Å²) >= 11 is 0. The molecule has 0 aliphatic carbocycles. The summed E-state index contributed by atoms with van der Waals surface area (Å²) in [6.45, 7) is 19.3. The summed E-state index contributed by atoms with van der Waals surface area (Å²) in [5.41, 5.74) is -0.842. The fourth-order valence-electron chi connectivity index (χ4n) is 6.54. The average Bonchev–Trinajstić information content (AvgIpc) is 3.15. The highest BCUT2D eigenvalue weighted by Crippen LogP contribution is 2.38. The molecule has 3 aromatic rings. The lowest BCUT2D eigenvalue weighted by Crippen LogP contribution is -2.67. The zero-order valence-electron chi connectivity index (χ0n) is 36.3. The van der Waals surface area contributed by atoms with E-state index in [1.165, 1.54) is 10.4 Å². The van der Waals surface area contributed by atoms with Crippen molar-refractivity contribution < 1.29 is 37.8 Å². The maximum Gasteiger partial charge on any atom is 0.408 e. The third-order valence-electron chi connectivity index (χ3n) is 9.20. The lowest BCUT2D eigenvalue weighted by atomic mass is 10.1. The number of carbonyl (C=O) groups is 4. The van der Waals surface area contributed by atoms with Crippen molar-refractivity contribution in [3.8, 4) is 0 Å². The van der Waals surface area contributed by atoms with Crippen molar-refractivity contribution in [2.75, 3.05) is 0 Å². The zero-order chi connectivity index (χ0) is 43.0. The molecule has 0 aromatic heterocycles. The molecule has 316 valence electrons.